The summed E-state index contributed by atoms with van der Waals surface area (Å²) in [7, 11) is -2.37. The van der Waals surface area contributed by atoms with Gasteiger partial charge < -0.3 is 5.32 Å². The number of carbonyl (C=O) groups is 2. The Balaban J connectivity index is 2.56. The third kappa shape index (κ3) is 6.17. The number of amides is 2. The lowest BCUT2D eigenvalue weighted by atomic mass is 10.1. The third-order valence-electron chi connectivity index (χ3n) is 4.34. The summed E-state index contributed by atoms with van der Waals surface area (Å²) < 4.78 is 28.1. The highest BCUT2D eigenvalue weighted by Crippen LogP contribution is 2.23. The molecule has 0 aromatic heterocycles. The van der Waals surface area contributed by atoms with Crippen molar-refractivity contribution in [3.8, 4) is 12.3 Å². The third-order valence-corrected chi connectivity index (χ3v) is 6.10. The molecule has 0 fully saturated rings. The number of hydrogen-bond acceptors (Lipinski definition) is 4. The van der Waals surface area contributed by atoms with Crippen LogP contribution in [0.15, 0.2) is 47.4 Å². The van der Waals surface area contributed by atoms with E-state index in [-0.39, 0.29) is 22.9 Å². The van der Waals surface area contributed by atoms with Crippen LogP contribution >= 0.6 is 0 Å². The van der Waals surface area contributed by atoms with Gasteiger partial charge in [0.2, 0.25) is 15.9 Å². The maximum absolute atomic E-state index is 13.5. The van der Waals surface area contributed by atoms with Crippen molar-refractivity contribution in [1.29, 1.82) is 0 Å². The first-order chi connectivity index (χ1) is 14.4. The second kappa shape index (κ2) is 9.33. The van der Waals surface area contributed by atoms with Gasteiger partial charge in [0, 0.05) is 29.4 Å². The molecule has 8 heteroatoms. The number of nitrogens with zero attached hydrogens (tertiary/aromatic N) is 1. The monoisotopic (exact) mass is 441 g/mol. The topological polar surface area (TPSA) is 95.6 Å². The van der Waals surface area contributed by atoms with E-state index in [4.69, 9.17) is 6.42 Å². The van der Waals surface area contributed by atoms with Gasteiger partial charge in [-0.05, 0) is 63.6 Å². The van der Waals surface area contributed by atoms with Gasteiger partial charge in [-0.2, -0.15) is 0 Å². The molecule has 0 bridgehead atoms. The van der Waals surface area contributed by atoms with Crippen molar-refractivity contribution in [3.05, 3.63) is 59.2 Å². The Morgan fingerprint density at radius 3 is 2.39 bits per heavy atom. The minimum atomic E-state index is -3.85. The molecular weight excluding hydrogens is 414 g/mol. The average Bonchev–Trinajstić information content (AvgIpc) is 2.69. The highest BCUT2D eigenvalue weighted by Gasteiger charge is 2.26. The lowest BCUT2D eigenvalue weighted by Gasteiger charge is -2.24. The predicted octanol–water partition coefficient (Wildman–Crippen LogP) is 2.45. The predicted molar refractivity (Wildman–Crippen MR) is 121 cm³/mol. The van der Waals surface area contributed by atoms with Gasteiger partial charge in [-0.1, -0.05) is 18.1 Å². The molecule has 0 aliphatic carbocycles. The number of rotatable bonds is 6. The van der Waals surface area contributed by atoms with Gasteiger partial charge in [0.25, 0.3) is 5.91 Å². The van der Waals surface area contributed by atoms with Crippen LogP contribution in [-0.4, -0.2) is 39.4 Å². The normalized spacial score (nSPS) is 11.5. The second-order valence-corrected chi connectivity index (χ2v) is 9.77. The highest BCUT2D eigenvalue weighted by molar-refractivity contribution is 7.89. The summed E-state index contributed by atoms with van der Waals surface area (Å²) in [5.74, 6) is 1.61. The van der Waals surface area contributed by atoms with Gasteiger partial charge in [-0.3, -0.25) is 14.5 Å². The first-order valence-corrected chi connectivity index (χ1v) is 11.1. The Labute approximate surface area is 183 Å². The summed E-state index contributed by atoms with van der Waals surface area (Å²) in [5, 5.41) is 2.50. The Kier molecular flexibility index (Phi) is 7.26. The van der Waals surface area contributed by atoms with Crippen LogP contribution in [-0.2, 0) is 14.8 Å². The van der Waals surface area contributed by atoms with Crippen LogP contribution in [0.3, 0.4) is 0 Å². The molecule has 0 atom stereocenters. The summed E-state index contributed by atoms with van der Waals surface area (Å²) >= 11 is 0. The van der Waals surface area contributed by atoms with Crippen LogP contribution in [0.5, 0.6) is 0 Å². The maximum atomic E-state index is 13.5. The number of terminal acetylenes is 1. The van der Waals surface area contributed by atoms with Crippen LogP contribution < -0.4 is 14.9 Å². The minimum Gasteiger partial charge on any atom is -0.358 e. The van der Waals surface area contributed by atoms with Gasteiger partial charge in [0.1, 0.15) is 6.54 Å². The van der Waals surface area contributed by atoms with Crippen molar-refractivity contribution in [2.24, 2.45) is 0 Å². The molecule has 7 nitrogen and oxygen atoms in total. The number of anilines is 1. The first kappa shape index (κ1) is 24.1. The van der Waals surface area contributed by atoms with Crippen molar-refractivity contribution in [2.45, 2.75) is 38.1 Å². The van der Waals surface area contributed by atoms with Crippen molar-refractivity contribution >= 4 is 27.5 Å². The molecule has 0 spiro atoms. The van der Waals surface area contributed by atoms with E-state index in [1.807, 2.05) is 0 Å². The standard InChI is InChI=1S/C23H27N3O4S/c1-7-17-9-8-10-18(13-17)26(15-21(27)24-6)22(28)20-14-19(12-11-16(20)2)31(29,30)25-23(3,4)5/h1,8-14,25H,15H2,2-6H3,(H,24,27). The largest absolute Gasteiger partial charge is 0.358 e. The number of benzene rings is 2. The molecule has 2 aromatic carbocycles. The van der Waals surface area contributed by atoms with Crippen LogP contribution in [0.25, 0.3) is 0 Å². The Morgan fingerprint density at radius 2 is 1.81 bits per heavy atom. The lowest BCUT2D eigenvalue weighted by molar-refractivity contribution is -0.119. The van der Waals surface area contributed by atoms with E-state index in [0.717, 1.165) is 0 Å². The number of likely N-dealkylation sites (N-methyl/N-ethyl adjacent to an activating group) is 1. The van der Waals surface area contributed by atoms with Crippen molar-refractivity contribution < 1.29 is 18.0 Å². The Hall–Kier alpha value is -3.15. The van der Waals surface area contributed by atoms with Crippen molar-refractivity contribution in [3.63, 3.8) is 0 Å². The molecule has 0 unspecified atom stereocenters. The molecular formula is C23H27N3O4S. The first-order valence-electron chi connectivity index (χ1n) is 9.61. The van der Waals surface area contributed by atoms with E-state index in [0.29, 0.717) is 16.8 Å². The number of aryl methyl sites for hydroxylation is 1. The maximum Gasteiger partial charge on any atom is 0.259 e. The van der Waals surface area contributed by atoms with E-state index in [2.05, 4.69) is 16.0 Å². The SMILES string of the molecule is C#Cc1cccc(N(CC(=O)NC)C(=O)c2cc(S(=O)(=O)NC(C)(C)C)ccc2C)c1. The fourth-order valence-electron chi connectivity index (χ4n) is 2.87. The molecule has 2 rings (SSSR count). The van der Waals surface area contributed by atoms with Gasteiger partial charge in [0.15, 0.2) is 0 Å². The van der Waals surface area contributed by atoms with Crippen molar-refractivity contribution in [1.82, 2.24) is 10.0 Å². The van der Waals surface area contributed by atoms with E-state index in [1.54, 1.807) is 58.0 Å². The van der Waals surface area contributed by atoms with Crippen LogP contribution in [0.4, 0.5) is 5.69 Å². The van der Waals surface area contributed by atoms with E-state index in [1.165, 1.54) is 24.1 Å². The van der Waals surface area contributed by atoms with E-state index >= 15 is 0 Å². The van der Waals surface area contributed by atoms with Gasteiger partial charge in [-0.25, -0.2) is 13.1 Å². The molecule has 0 saturated heterocycles. The fourth-order valence-corrected chi connectivity index (χ4v) is 4.32. The fraction of sp³-hybridized carbons (Fsp3) is 0.304. The quantitative estimate of drug-likeness (QED) is 0.673. The molecule has 0 aliphatic rings. The minimum absolute atomic E-state index is 0.0337. The molecule has 0 heterocycles. The Morgan fingerprint density at radius 1 is 1.13 bits per heavy atom. The van der Waals surface area contributed by atoms with Crippen LogP contribution in [0.2, 0.25) is 0 Å². The summed E-state index contributed by atoms with van der Waals surface area (Å²) in [5.41, 5.74) is 1.05. The lowest BCUT2D eigenvalue weighted by Crippen LogP contribution is -2.41. The molecule has 0 radical (unpaired) electrons. The molecule has 164 valence electrons. The number of carbonyl (C=O) groups excluding carboxylic acids is 2. The smallest absolute Gasteiger partial charge is 0.259 e. The molecule has 0 saturated carbocycles. The van der Waals surface area contributed by atoms with Crippen molar-refractivity contribution in [2.75, 3.05) is 18.5 Å². The van der Waals surface area contributed by atoms with Crippen LogP contribution in [0.1, 0.15) is 42.3 Å². The summed E-state index contributed by atoms with van der Waals surface area (Å²) in [6.07, 6.45) is 5.47. The second-order valence-electron chi connectivity index (χ2n) is 8.09. The number of nitrogens with one attached hydrogen (secondary N) is 2. The zero-order valence-electron chi connectivity index (χ0n) is 18.3. The number of sulfonamides is 1. The zero-order chi connectivity index (χ0) is 23.4. The molecule has 31 heavy (non-hydrogen) atoms. The average molecular weight is 442 g/mol. The molecule has 0 aliphatic heterocycles. The summed E-state index contributed by atoms with van der Waals surface area (Å²) in [4.78, 5) is 26.8. The van der Waals surface area contributed by atoms with E-state index < -0.39 is 21.5 Å². The van der Waals surface area contributed by atoms with E-state index in [9.17, 15) is 18.0 Å². The highest BCUT2D eigenvalue weighted by atomic mass is 32.2. The zero-order valence-corrected chi connectivity index (χ0v) is 19.1. The van der Waals surface area contributed by atoms with Gasteiger partial charge in [0.05, 0.1) is 4.90 Å². The Bertz CT molecular complexity index is 1140. The molecule has 2 aromatic rings. The molecule has 2 amide bonds. The summed E-state index contributed by atoms with van der Waals surface area (Å²) in [6, 6.07) is 11.0. The van der Waals surface area contributed by atoms with Gasteiger partial charge >= 0.3 is 0 Å². The van der Waals surface area contributed by atoms with Crippen LogP contribution in [0, 0.1) is 19.3 Å². The number of hydrogen-bond donors (Lipinski definition) is 2. The van der Waals surface area contributed by atoms with Gasteiger partial charge in [-0.15, -0.1) is 6.42 Å². The summed E-state index contributed by atoms with van der Waals surface area (Å²) in [6.45, 7) is 6.65. The molecule has 2 N–H and O–H groups in total.